The number of halogens is 1. The Morgan fingerprint density at radius 2 is 2.00 bits per heavy atom. The molecule has 1 aliphatic rings. The largest absolute Gasteiger partial charge is 0.338 e. The van der Waals surface area contributed by atoms with Gasteiger partial charge in [0.05, 0.1) is 0 Å². The second-order valence-electron chi connectivity index (χ2n) is 6.26. The van der Waals surface area contributed by atoms with Crippen molar-refractivity contribution in [2.75, 3.05) is 23.3 Å². The molecule has 0 unspecified atom stereocenters. The Hall–Kier alpha value is -2.89. The number of amides is 3. The van der Waals surface area contributed by atoms with Gasteiger partial charge in [-0.1, -0.05) is 12.1 Å². The first kappa shape index (κ1) is 17.0. The summed E-state index contributed by atoms with van der Waals surface area (Å²) in [6, 6.07) is 13.1. The maximum atomic E-state index is 13.0. The van der Waals surface area contributed by atoms with Crippen molar-refractivity contribution in [3.63, 3.8) is 0 Å². The highest BCUT2D eigenvalue weighted by molar-refractivity contribution is 5.96. The molecule has 2 aromatic carbocycles. The molecular formula is C19H20FN3O2. The van der Waals surface area contributed by atoms with Crippen molar-refractivity contribution in [3.8, 4) is 0 Å². The minimum Gasteiger partial charge on any atom is -0.338 e. The molecule has 1 aliphatic heterocycles. The lowest BCUT2D eigenvalue weighted by molar-refractivity contribution is -0.117. The number of hydrogen-bond donors (Lipinski definition) is 2. The van der Waals surface area contributed by atoms with Gasteiger partial charge in [-0.15, -0.1) is 0 Å². The predicted molar refractivity (Wildman–Crippen MR) is 95.1 cm³/mol. The quantitative estimate of drug-likeness (QED) is 0.896. The summed E-state index contributed by atoms with van der Waals surface area (Å²) in [6.45, 7) is 2.87. The monoisotopic (exact) mass is 341 g/mol. The van der Waals surface area contributed by atoms with Crippen molar-refractivity contribution in [2.45, 2.75) is 13.3 Å². The Morgan fingerprint density at radius 1 is 1.24 bits per heavy atom. The van der Waals surface area contributed by atoms with Crippen LogP contribution in [-0.4, -0.2) is 25.0 Å². The molecule has 5 nitrogen and oxygen atoms in total. The third kappa shape index (κ3) is 4.35. The molecule has 0 aromatic heterocycles. The summed E-state index contributed by atoms with van der Waals surface area (Å²) in [5, 5.41) is 5.58. The molecule has 0 aliphatic carbocycles. The minimum atomic E-state index is -0.332. The van der Waals surface area contributed by atoms with Gasteiger partial charge in [-0.2, -0.15) is 0 Å². The van der Waals surface area contributed by atoms with E-state index < -0.39 is 0 Å². The van der Waals surface area contributed by atoms with E-state index >= 15 is 0 Å². The van der Waals surface area contributed by atoms with E-state index in [0.29, 0.717) is 25.2 Å². The molecule has 0 bridgehead atoms. The van der Waals surface area contributed by atoms with Gasteiger partial charge in [0.15, 0.2) is 0 Å². The fourth-order valence-corrected chi connectivity index (χ4v) is 2.92. The van der Waals surface area contributed by atoms with Gasteiger partial charge in [-0.3, -0.25) is 4.79 Å². The van der Waals surface area contributed by atoms with Crippen molar-refractivity contribution in [1.82, 2.24) is 5.32 Å². The standard InChI is InChI=1S/C19H20FN3O2/c1-13-3-2-4-16(9-13)22-19(25)21-11-14-10-18(24)23(12-14)17-7-5-15(20)6-8-17/h2-9,14H,10-12H2,1H3,(H2,21,22,25)/t14-/m0/s1. The van der Waals surface area contributed by atoms with Gasteiger partial charge in [-0.25, -0.2) is 9.18 Å². The van der Waals surface area contributed by atoms with E-state index in [1.165, 1.54) is 12.1 Å². The average Bonchev–Trinajstić information content (AvgIpc) is 2.95. The number of aryl methyl sites for hydroxylation is 1. The van der Waals surface area contributed by atoms with Crippen molar-refractivity contribution >= 4 is 23.3 Å². The van der Waals surface area contributed by atoms with Gasteiger partial charge < -0.3 is 15.5 Å². The van der Waals surface area contributed by atoms with Crippen LogP contribution in [0.2, 0.25) is 0 Å². The number of nitrogens with one attached hydrogen (secondary N) is 2. The van der Waals surface area contributed by atoms with Gasteiger partial charge in [-0.05, 0) is 48.9 Å². The fourth-order valence-electron chi connectivity index (χ4n) is 2.92. The lowest BCUT2D eigenvalue weighted by atomic mass is 10.1. The van der Waals surface area contributed by atoms with Gasteiger partial charge >= 0.3 is 6.03 Å². The van der Waals surface area contributed by atoms with Crippen LogP contribution >= 0.6 is 0 Å². The Morgan fingerprint density at radius 3 is 2.72 bits per heavy atom. The first-order valence-corrected chi connectivity index (χ1v) is 8.19. The Bertz CT molecular complexity index is 776. The van der Waals surface area contributed by atoms with E-state index in [-0.39, 0.29) is 23.7 Å². The number of carbonyl (C=O) groups is 2. The van der Waals surface area contributed by atoms with Gasteiger partial charge in [0.1, 0.15) is 5.82 Å². The Labute approximate surface area is 145 Å². The molecule has 130 valence electrons. The summed E-state index contributed by atoms with van der Waals surface area (Å²) >= 11 is 0. The number of nitrogens with zero attached hydrogens (tertiary/aromatic N) is 1. The van der Waals surface area contributed by atoms with E-state index in [2.05, 4.69) is 10.6 Å². The first-order valence-electron chi connectivity index (χ1n) is 8.19. The highest BCUT2D eigenvalue weighted by Crippen LogP contribution is 2.24. The van der Waals surface area contributed by atoms with Gasteiger partial charge in [0.2, 0.25) is 5.91 Å². The normalized spacial score (nSPS) is 16.8. The minimum absolute atomic E-state index is 0.0162. The van der Waals surface area contributed by atoms with Crippen LogP contribution in [0.15, 0.2) is 48.5 Å². The van der Waals surface area contributed by atoms with E-state index in [0.717, 1.165) is 11.3 Å². The zero-order valence-electron chi connectivity index (χ0n) is 14.0. The van der Waals surface area contributed by atoms with Crippen molar-refractivity contribution in [2.24, 2.45) is 5.92 Å². The number of urea groups is 1. The van der Waals surface area contributed by atoms with Crippen LogP contribution in [0.25, 0.3) is 0 Å². The van der Waals surface area contributed by atoms with E-state index in [9.17, 15) is 14.0 Å². The molecule has 6 heteroatoms. The van der Waals surface area contributed by atoms with Crippen molar-refractivity contribution in [1.29, 1.82) is 0 Å². The van der Waals surface area contributed by atoms with Crippen LogP contribution < -0.4 is 15.5 Å². The van der Waals surface area contributed by atoms with Crippen LogP contribution in [0.1, 0.15) is 12.0 Å². The molecule has 1 fully saturated rings. The van der Waals surface area contributed by atoms with Gasteiger partial charge in [0, 0.05) is 36.8 Å². The Kier molecular flexibility index (Phi) is 4.97. The highest BCUT2D eigenvalue weighted by atomic mass is 19.1. The lowest BCUT2D eigenvalue weighted by Gasteiger charge is -2.17. The molecule has 3 amide bonds. The average molecular weight is 341 g/mol. The van der Waals surface area contributed by atoms with E-state index in [1.54, 1.807) is 17.0 Å². The maximum Gasteiger partial charge on any atom is 0.319 e. The molecule has 2 aromatic rings. The van der Waals surface area contributed by atoms with Crippen molar-refractivity contribution < 1.29 is 14.0 Å². The highest BCUT2D eigenvalue weighted by Gasteiger charge is 2.30. The summed E-state index contributed by atoms with van der Waals surface area (Å²) in [5.41, 5.74) is 2.47. The Balaban J connectivity index is 1.51. The summed E-state index contributed by atoms with van der Waals surface area (Å²) in [6.07, 6.45) is 0.363. The van der Waals surface area contributed by atoms with Crippen LogP contribution in [0.4, 0.5) is 20.6 Å². The summed E-state index contributed by atoms with van der Waals surface area (Å²) in [5.74, 6) is -0.320. The molecule has 1 atom stereocenters. The molecule has 0 spiro atoms. The molecule has 25 heavy (non-hydrogen) atoms. The zero-order valence-corrected chi connectivity index (χ0v) is 14.0. The lowest BCUT2D eigenvalue weighted by Crippen LogP contribution is -2.34. The van der Waals surface area contributed by atoms with Crippen LogP contribution in [0.3, 0.4) is 0 Å². The number of hydrogen-bond acceptors (Lipinski definition) is 2. The molecule has 0 radical (unpaired) electrons. The first-order chi connectivity index (χ1) is 12.0. The van der Waals surface area contributed by atoms with Gasteiger partial charge in [0.25, 0.3) is 0 Å². The molecule has 0 saturated carbocycles. The summed E-state index contributed by atoms with van der Waals surface area (Å²) < 4.78 is 13.0. The van der Waals surface area contributed by atoms with Crippen LogP contribution in [0.5, 0.6) is 0 Å². The second-order valence-corrected chi connectivity index (χ2v) is 6.26. The van der Waals surface area contributed by atoms with E-state index in [4.69, 9.17) is 0 Å². The third-order valence-corrected chi connectivity index (χ3v) is 4.17. The van der Waals surface area contributed by atoms with Crippen molar-refractivity contribution in [3.05, 3.63) is 59.9 Å². The number of rotatable bonds is 4. The number of benzene rings is 2. The SMILES string of the molecule is Cc1cccc(NC(=O)NC[C@@H]2CC(=O)N(c3ccc(F)cc3)C2)c1. The molecule has 1 saturated heterocycles. The third-order valence-electron chi connectivity index (χ3n) is 4.17. The topological polar surface area (TPSA) is 61.4 Å². The predicted octanol–water partition coefficient (Wildman–Crippen LogP) is 3.31. The smallest absolute Gasteiger partial charge is 0.319 e. The van der Waals surface area contributed by atoms with E-state index in [1.807, 2.05) is 31.2 Å². The molecule has 3 rings (SSSR count). The maximum absolute atomic E-state index is 13.0. The van der Waals surface area contributed by atoms with Crippen LogP contribution in [0, 0.1) is 18.7 Å². The number of anilines is 2. The fraction of sp³-hybridized carbons (Fsp3) is 0.263. The second kappa shape index (κ2) is 7.34. The van der Waals surface area contributed by atoms with Crippen LogP contribution in [-0.2, 0) is 4.79 Å². The summed E-state index contributed by atoms with van der Waals surface area (Å²) in [7, 11) is 0. The molecular weight excluding hydrogens is 321 g/mol. The molecule has 2 N–H and O–H groups in total. The summed E-state index contributed by atoms with van der Waals surface area (Å²) in [4.78, 5) is 25.8. The molecule has 1 heterocycles. The number of carbonyl (C=O) groups excluding carboxylic acids is 2. The zero-order chi connectivity index (χ0) is 17.8.